The first-order chi connectivity index (χ1) is 11.3. The maximum absolute atomic E-state index is 11.9. The zero-order chi connectivity index (χ0) is 17.3. The van der Waals surface area contributed by atoms with E-state index >= 15 is 0 Å². The lowest BCUT2D eigenvalue weighted by Gasteiger charge is -2.33. The molecule has 1 fully saturated rings. The van der Waals surface area contributed by atoms with Crippen molar-refractivity contribution in [2.24, 2.45) is 0 Å². The Morgan fingerprint density at radius 2 is 1.88 bits per heavy atom. The van der Waals surface area contributed by atoms with Gasteiger partial charge in [0.2, 0.25) is 9.84 Å². The zero-order valence-corrected chi connectivity index (χ0v) is 14.8. The summed E-state index contributed by atoms with van der Waals surface area (Å²) in [5.74, 6) is 1.68. The van der Waals surface area contributed by atoms with Gasteiger partial charge in [0.1, 0.15) is 17.5 Å². The number of hydrogen-bond acceptors (Lipinski definition) is 8. The Balaban J connectivity index is 1.94. The molecule has 9 nitrogen and oxygen atoms in total. The van der Waals surface area contributed by atoms with Gasteiger partial charge in [-0.3, -0.25) is 5.10 Å². The van der Waals surface area contributed by atoms with Crippen molar-refractivity contribution in [2.45, 2.75) is 12.1 Å². The van der Waals surface area contributed by atoms with Crippen LogP contribution in [0.2, 0.25) is 0 Å². The van der Waals surface area contributed by atoms with Gasteiger partial charge in [-0.1, -0.05) is 0 Å². The fraction of sp³-hybridized carbons (Fsp3) is 0.500. The molecule has 0 saturated carbocycles. The number of piperazine rings is 1. The third-order valence-corrected chi connectivity index (χ3v) is 4.67. The molecule has 1 saturated heterocycles. The van der Waals surface area contributed by atoms with Gasteiger partial charge in [0, 0.05) is 44.6 Å². The number of anilines is 3. The van der Waals surface area contributed by atoms with Crippen LogP contribution < -0.4 is 10.2 Å². The van der Waals surface area contributed by atoms with Gasteiger partial charge in [-0.15, -0.1) is 0 Å². The Kier molecular flexibility index (Phi) is 4.41. The molecule has 0 unspecified atom stereocenters. The summed E-state index contributed by atoms with van der Waals surface area (Å²) in [7, 11) is -1.45. The van der Waals surface area contributed by atoms with Gasteiger partial charge < -0.3 is 15.1 Å². The van der Waals surface area contributed by atoms with E-state index in [1.165, 1.54) is 0 Å². The maximum atomic E-state index is 11.9. The molecule has 0 amide bonds. The number of hydrogen-bond donors (Lipinski definition) is 2. The highest BCUT2D eigenvalue weighted by atomic mass is 32.2. The van der Waals surface area contributed by atoms with Crippen LogP contribution in [0.3, 0.4) is 0 Å². The zero-order valence-electron chi connectivity index (χ0n) is 13.9. The van der Waals surface area contributed by atoms with Crippen LogP contribution in [0.15, 0.2) is 17.3 Å². The third-order valence-electron chi connectivity index (χ3n) is 3.82. The van der Waals surface area contributed by atoms with Gasteiger partial charge in [-0.25, -0.2) is 18.4 Å². The molecule has 0 radical (unpaired) electrons. The molecule has 1 aliphatic heterocycles. The number of nitrogens with one attached hydrogen (secondary N) is 2. The first-order valence-corrected chi connectivity index (χ1v) is 9.52. The molecular weight excluding hydrogens is 330 g/mol. The molecule has 24 heavy (non-hydrogen) atoms. The Morgan fingerprint density at radius 1 is 1.17 bits per heavy atom. The van der Waals surface area contributed by atoms with Crippen molar-refractivity contribution >= 4 is 27.3 Å². The van der Waals surface area contributed by atoms with E-state index in [4.69, 9.17) is 0 Å². The van der Waals surface area contributed by atoms with Crippen LogP contribution in [-0.2, 0) is 9.84 Å². The van der Waals surface area contributed by atoms with E-state index in [1.807, 2.05) is 13.0 Å². The highest BCUT2D eigenvalue weighted by molar-refractivity contribution is 7.90. The summed E-state index contributed by atoms with van der Waals surface area (Å²) in [6.07, 6.45) is 1.11. The van der Waals surface area contributed by atoms with Crippen molar-refractivity contribution in [1.29, 1.82) is 0 Å². The largest absolute Gasteiger partial charge is 0.354 e. The number of aromatic amines is 1. The van der Waals surface area contributed by atoms with Crippen LogP contribution >= 0.6 is 0 Å². The molecule has 0 aliphatic carbocycles. The Labute approximate surface area is 141 Å². The first-order valence-electron chi connectivity index (χ1n) is 7.63. The first kappa shape index (κ1) is 16.7. The highest BCUT2D eigenvalue weighted by Gasteiger charge is 2.20. The summed E-state index contributed by atoms with van der Waals surface area (Å²) in [5.41, 5.74) is 0.828. The quantitative estimate of drug-likeness (QED) is 0.763. The van der Waals surface area contributed by atoms with E-state index in [9.17, 15) is 8.42 Å². The van der Waals surface area contributed by atoms with Crippen LogP contribution in [0.1, 0.15) is 5.69 Å². The van der Waals surface area contributed by atoms with Gasteiger partial charge in [0.25, 0.3) is 5.16 Å². The topological polar surface area (TPSA) is 107 Å². The highest BCUT2D eigenvalue weighted by Crippen LogP contribution is 2.22. The van der Waals surface area contributed by atoms with Crippen LogP contribution in [0.5, 0.6) is 0 Å². The minimum atomic E-state index is -3.51. The van der Waals surface area contributed by atoms with Crippen molar-refractivity contribution < 1.29 is 8.42 Å². The Hall–Kier alpha value is -2.20. The Bertz CT molecular complexity index is 825. The number of aromatic nitrogens is 4. The average Bonchev–Trinajstić information content (AvgIpc) is 2.92. The standard InChI is InChI=1S/C14H21N7O2S/c1-10-8-12(19-18-10)15-11-9-13(17-14(16-11)24(3,22)23)21-6-4-20(2)5-7-21/h8-9H,4-7H2,1-3H3,(H2,15,16,17,18,19). The van der Waals surface area contributed by atoms with E-state index in [2.05, 4.69) is 42.3 Å². The number of H-pyrrole nitrogens is 1. The predicted molar refractivity (Wildman–Crippen MR) is 91.5 cm³/mol. The molecule has 2 aromatic heterocycles. The van der Waals surface area contributed by atoms with E-state index < -0.39 is 9.84 Å². The number of nitrogens with zero attached hydrogens (tertiary/aromatic N) is 5. The van der Waals surface area contributed by atoms with E-state index in [-0.39, 0.29) is 5.16 Å². The number of sulfone groups is 1. The molecule has 0 aromatic carbocycles. The lowest BCUT2D eigenvalue weighted by Crippen LogP contribution is -2.45. The smallest absolute Gasteiger partial charge is 0.250 e. The molecule has 0 spiro atoms. The van der Waals surface area contributed by atoms with Crippen LogP contribution in [0.25, 0.3) is 0 Å². The minimum Gasteiger partial charge on any atom is -0.354 e. The second-order valence-corrected chi connectivity index (χ2v) is 7.91. The van der Waals surface area contributed by atoms with Crippen molar-refractivity contribution in [1.82, 2.24) is 25.1 Å². The van der Waals surface area contributed by atoms with Gasteiger partial charge in [-0.2, -0.15) is 5.10 Å². The normalized spacial score (nSPS) is 16.4. The molecule has 10 heteroatoms. The van der Waals surface area contributed by atoms with Gasteiger partial charge in [0.15, 0.2) is 0 Å². The van der Waals surface area contributed by atoms with E-state index in [1.54, 1.807) is 6.07 Å². The van der Waals surface area contributed by atoms with Gasteiger partial charge in [-0.05, 0) is 14.0 Å². The van der Waals surface area contributed by atoms with Crippen molar-refractivity contribution in [3.8, 4) is 0 Å². The fourth-order valence-corrected chi connectivity index (χ4v) is 2.99. The van der Waals surface area contributed by atoms with Crippen molar-refractivity contribution in [3.63, 3.8) is 0 Å². The Morgan fingerprint density at radius 3 is 2.46 bits per heavy atom. The van der Waals surface area contributed by atoms with Gasteiger partial charge >= 0.3 is 0 Å². The summed E-state index contributed by atoms with van der Waals surface area (Å²) >= 11 is 0. The van der Waals surface area contributed by atoms with Crippen LogP contribution in [0.4, 0.5) is 17.5 Å². The molecule has 0 bridgehead atoms. The second kappa shape index (κ2) is 6.36. The molecular formula is C14H21N7O2S. The van der Waals surface area contributed by atoms with E-state index in [0.717, 1.165) is 38.1 Å². The lowest BCUT2D eigenvalue weighted by atomic mass is 10.3. The summed E-state index contributed by atoms with van der Waals surface area (Å²) in [4.78, 5) is 12.7. The maximum Gasteiger partial charge on any atom is 0.250 e. The molecule has 3 heterocycles. The fourth-order valence-electron chi connectivity index (χ4n) is 2.46. The number of aryl methyl sites for hydroxylation is 1. The lowest BCUT2D eigenvalue weighted by molar-refractivity contribution is 0.312. The molecule has 130 valence electrons. The number of likely N-dealkylation sites (N-methyl/N-ethyl adjacent to an activating group) is 1. The van der Waals surface area contributed by atoms with Gasteiger partial charge in [0.05, 0.1) is 5.69 Å². The monoisotopic (exact) mass is 351 g/mol. The summed E-state index contributed by atoms with van der Waals surface area (Å²) in [6.45, 7) is 5.25. The minimum absolute atomic E-state index is 0.183. The average molecular weight is 351 g/mol. The van der Waals surface area contributed by atoms with Crippen LogP contribution in [-0.4, -0.2) is 73.0 Å². The predicted octanol–water partition coefficient (Wildman–Crippen LogP) is 0.407. The van der Waals surface area contributed by atoms with Crippen molar-refractivity contribution in [2.75, 3.05) is 49.7 Å². The SMILES string of the molecule is Cc1cc(Nc2cc(N3CCN(C)CC3)nc(S(C)(=O)=O)n2)[nH]n1. The second-order valence-electron chi connectivity index (χ2n) is 6.00. The number of rotatable bonds is 4. The van der Waals surface area contributed by atoms with Crippen molar-refractivity contribution in [3.05, 3.63) is 17.8 Å². The summed E-state index contributed by atoms with van der Waals surface area (Å²) in [6, 6.07) is 3.58. The van der Waals surface area contributed by atoms with E-state index in [0.29, 0.717) is 17.5 Å². The molecule has 2 N–H and O–H groups in total. The molecule has 2 aromatic rings. The molecule has 1 aliphatic rings. The van der Waals surface area contributed by atoms with Crippen LogP contribution in [0, 0.1) is 6.92 Å². The molecule has 3 rings (SSSR count). The molecule has 0 atom stereocenters. The third kappa shape index (κ3) is 3.82. The summed E-state index contributed by atoms with van der Waals surface area (Å²) < 4.78 is 23.9. The summed E-state index contributed by atoms with van der Waals surface area (Å²) in [5, 5.41) is 9.74.